The highest BCUT2D eigenvalue weighted by atomic mass is 79.9. The summed E-state index contributed by atoms with van der Waals surface area (Å²) in [6, 6.07) is 10.7. The van der Waals surface area contributed by atoms with E-state index < -0.39 is 0 Å². The minimum atomic E-state index is 0.665. The van der Waals surface area contributed by atoms with Gasteiger partial charge < -0.3 is 0 Å². The maximum Gasteiger partial charge on any atom is 0.0884 e. The predicted molar refractivity (Wildman–Crippen MR) is 78.0 cm³/mol. The van der Waals surface area contributed by atoms with E-state index in [0.717, 1.165) is 14.8 Å². The van der Waals surface area contributed by atoms with Crippen LogP contribution in [0.3, 0.4) is 0 Å². The van der Waals surface area contributed by atoms with Crippen LogP contribution in [-0.2, 0) is 0 Å². The first-order valence-corrected chi connectivity index (χ1v) is 8.07. The van der Waals surface area contributed by atoms with Gasteiger partial charge in [-0.2, -0.15) is 0 Å². The van der Waals surface area contributed by atoms with Gasteiger partial charge in [-0.1, -0.05) is 70.4 Å². The SMILES string of the molecule is C=CC(CCCCCBr)[Si]c1ccccc1. The fraction of sp³-hybridized carbons (Fsp3) is 0.429. The second kappa shape index (κ2) is 8.77. The molecule has 0 heterocycles. The van der Waals surface area contributed by atoms with Gasteiger partial charge in [-0.25, -0.2) is 0 Å². The molecular formula is C14H19BrSi. The highest BCUT2D eigenvalue weighted by Crippen LogP contribution is 2.15. The molecule has 0 aliphatic heterocycles. The average molecular weight is 295 g/mol. The van der Waals surface area contributed by atoms with Crippen molar-refractivity contribution in [3.63, 3.8) is 0 Å². The van der Waals surface area contributed by atoms with Gasteiger partial charge in [0.1, 0.15) is 0 Å². The summed E-state index contributed by atoms with van der Waals surface area (Å²) in [6.07, 6.45) is 7.35. The lowest BCUT2D eigenvalue weighted by atomic mass is 10.1. The van der Waals surface area contributed by atoms with Crippen LogP contribution in [0.4, 0.5) is 0 Å². The summed E-state index contributed by atoms with van der Waals surface area (Å²) >= 11 is 3.47. The normalized spacial score (nSPS) is 12.3. The van der Waals surface area contributed by atoms with Crippen LogP contribution in [0, 0.1) is 0 Å². The van der Waals surface area contributed by atoms with Gasteiger partial charge in [0.05, 0.1) is 9.52 Å². The quantitative estimate of drug-likeness (QED) is 0.295. The Bertz CT molecular complexity index is 284. The van der Waals surface area contributed by atoms with E-state index in [0.29, 0.717) is 5.54 Å². The minimum absolute atomic E-state index is 0.665. The van der Waals surface area contributed by atoms with Crippen LogP contribution in [0.2, 0.25) is 5.54 Å². The van der Waals surface area contributed by atoms with E-state index in [-0.39, 0.29) is 0 Å². The second-order valence-corrected chi connectivity index (χ2v) is 6.29. The number of hydrogen-bond acceptors (Lipinski definition) is 0. The van der Waals surface area contributed by atoms with E-state index in [9.17, 15) is 0 Å². The van der Waals surface area contributed by atoms with Crippen LogP contribution in [-0.4, -0.2) is 14.8 Å². The lowest BCUT2D eigenvalue weighted by Gasteiger charge is -2.10. The molecular weight excluding hydrogens is 276 g/mol. The standard InChI is InChI=1S/C14H19BrSi/c1-2-13(9-7-4-8-12-15)16-14-10-5-3-6-11-14/h2-3,5-6,10-11,13H,1,4,7-9,12H2. The molecule has 1 rings (SSSR count). The Kier molecular flexibility index (Phi) is 7.52. The molecule has 0 saturated carbocycles. The molecule has 16 heavy (non-hydrogen) atoms. The van der Waals surface area contributed by atoms with E-state index in [1.54, 1.807) is 0 Å². The van der Waals surface area contributed by atoms with Gasteiger partial charge in [0.25, 0.3) is 0 Å². The second-order valence-electron chi connectivity index (χ2n) is 3.89. The van der Waals surface area contributed by atoms with E-state index in [4.69, 9.17) is 0 Å². The molecule has 1 aromatic carbocycles. The molecule has 2 radical (unpaired) electrons. The molecule has 0 bridgehead atoms. The van der Waals surface area contributed by atoms with Crippen molar-refractivity contribution in [2.45, 2.75) is 31.2 Å². The molecule has 1 unspecified atom stereocenters. The van der Waals surface area contributed by atoms with Crippen molar-refractivity contribution < 1.29 is 0 Å². The summed E-state index contributed by atoms with van der Waals surface area (Å²) < 4.78 is 0. The van der Waals surface area contributed by atoms with Crippen molar-refractivity contribution in [3.05, 3.63) is 43.0 Å². The zero-order valence-electron chi connectivity index (χ0n) is 9.66. The van der Waals surface area contributed by atoms with Gasteiger partial charge in [-0.3, -0.25) is 0 Å². The number of rotatable bonds is 8. The Morgan fingerprint density at radius 3 is 2.56 bits per heavy atom. The molecule has 86 valence electrons. The van der Waals surface area contributed by atoms with Crippen LogP contribution in [0.5, 0.6) is 0 Å². The smallest absolute Gasteiger partial charge is 0.0884 e. The molecule has 0 N–H and O–H groups in total. The highest BCUT2D eigenvalue weighted by molar-refractivity contribution is 9.09. The molecule has 0 aliphatic rings. The fourth-order valence-electron chi connectivity index (χ4n) is 1.63. The van der Waals surface area contributed by atoms with Gasteiger partial charge >= 0.3 is 0 Å². The molecule has 1 atom stereocenters. The maximum atomic E-state index is 3.95. The summed E-state index contributed by atoms with van der Waals surface area (Å²) in [5.41, 5.74) is 0.665. The summed E-state index contributed by atoms with van der Waals surface area (Å²) in [5.74, 6) is 0. The van der Waals surface area contributed by atoms with Crippen molar-refractivity contribution in [1.29, 1.82) is 0 Å². The lowest BCUT2D eigenvalue weighted by Crippen LogP contribution is -2.17. The van der Waals surface area contributed by atoms with Crippen LogP contribution in [0.1, 0.15) is 25.7 Å². The number of benzene rings is 1. The van der Waals surface area contributed by atoms with Crippen molar-refractivity contribution in [3.8, 4) is 0 Å². The summed E-state index contributed by atoms with van der Waals surface area (Å²) in [7, 11) is 0.878. The molecule has 0 fully saturated rings. The Morgan fingerprint density at radius 2 is 1.94 bits per heavy atom. The Labute approximate surface area is 110 Å². The lowest BCUT2D eigenvalue weighted by molar-refractivity contribution is 0.678. The molecule has 1 aromatic rings. The average Bonchev–Trinajstić information content (AvgIpc) is 2.34. The molecule has 0 aliphatic carbocycles. The van der Waals surface area contributed by atoms with E-state index in [1.165, 1.54) is 30.9 Å². The number of unbranched alkanes of at least 4 members (excludes halogenated alkanes) is 2. The zero-order chi connectivity index (χ0) is 11.6. The molecule has 2 heteroatoms. The van der Waals surface area contributed by atoms with Crippen LogP contribution in [0.15, 0.2) is 43.0 Å². The first kappa shape index (κ1) is 13.7. The van der Waals surface area contributed by atoms with Gasteiger partial charge in [-0.05, 0) is 18.4 Å². The summed E-state index contributed by atoms with van der Waals surface area (Å²) in [4.78, 5) is 0. The van der Waals surface area contributed by atoms with E-state index in [1.807, 2.05) is 0 Å². The molecule has 0 nitrogen and oxygen atoms in total. The molecule has 0 saturated heterocycles. The van der Waals surface area contributed by atoms with Gasteiger partial charge in [0.15, 0.2) is 0 Å². The van der Waals surface area contributed by atoms with Crippen molar-refractivity contribution >= 4 is 30.6 Å². The number of allylic oxidation sites excluding steroid dienone is 1. The van der Waals surface area contributed by atoms with E-state index in [2.05, 4.69) is 58.9 Å². The first-order valence-electron chi connectivity index (χ1n) is 5.87. The Hall–Kier alpha value is -0.343. The largest absolute Gasteiger partial charge is 0.103 e. The Balaban J connectivity index is 2.29. The maximum absolute atomic E-state index is 3.95. The van der Waals surface area contributed by atoms with Crippen LogP contribution >= 0.6 is 15.9 Å². The van der Waals surface area contributed by atoms with Crippen molar-refractivity contribution in [2.24, 2.45) is 0 Å². The zero-order valence-corrected chi connectivity index (χ0v) is 12.2. The third kappa shape index (κ3) is 5.66. The molecule has 0 spiro atoms. The number of halogens is 1. The topological polar surface area (TPSA) is 0 Å². The van der Waals surface area contributed by atoms with Gasteiger partial charge in [0, 0.05) is 5.33 Å². The molecule has 0 aromatic heterocycles. The number of alkyl halides is 1. The first-order chi connectivity index (χ1) is 7.86. The van der Waals surface area contributed by atoms with E-state index >= 15 is 0 Å². The summed E-state index contributed by atoms with van der Waals surface area (Å²) in [6.45, 7) is 3.95. The predicted octanol–water partition coefficient (Wildman–Crippen LogP) is 3.95. The van der Waals surface area contributed by atoms with Crippen LogP contribution in [0.25, 0.3) is 0 Å². The third-order valence-electron chi connectivity index (χ3n) is 2.56. The van der Waals surface area contributed by atoms with Crippen molar-refractivity contribution in [2.75, 3.05) is 5.33 Å². The monoisotopic (exact) mass is 294 g/mol. The Morgan fingerprint density at radius 1 is 1.19 bits per heavy atom. The highest BCUT2D eigenvalue weighted by Gasteiger charge is 2.06. The van der Waals surface area contributed by atoms with Crippen LogP contribution < -0.4 is 5.19 Å². The molecule has 0 amide bonds. The van der Waals surface area contributed by atoms with Crippen molar-refractivity contribution in [1.82, 2.24) is 0 Å². The number of hydrogen-bond donors (Lipinski definition) is 0. The third-order valence-corrected chi connectivity index (χ3v) is 4.68. The summed E-state index contributed by atoms with van der Waals surface area (Å²) in [5, 5.41) is 2.58. The fourth-order valence-corrected chi connectivity index (χ4v) is 3.31. The minimum Gasteiger partial charge on any atom is -0.103 e. The van der Waals surface area contributed by atoms with Gasteiger partial charge in [-0.15, -0.1) is 6.58 Å². The van der Waals surface area contributed by atoms with Gasteiger partial charge in [0.2, 0.25) is 0 Å².